The number of carbonyl (C=O) groups is 2. The molecule has 2 atom stereocenters. The molecule has 1 aromatic heterocycles. The van der Waals surface area contributed by atoms with Gasteiger partial charge in [0.1, 0.15) is 0 Å². The lowest BCUT2D eigenvalue weighted by molar-refractivity contribution is -0.142. The van der Waals surface area contributed by atoms with E-state index in [1.54, 1.807) is 20.8 Å². The third kappa shape index (κ3) is 3.05. The van der Waals surface area contributed by atoms with Gasteiger partial charge < -0.3 is 9.84 Å². The molecule has 0 aliphatic rings. The molecule has 0 bridgehead atoms. The van der Waals surface area contributed by atoms with Crippen LogP contribution in [-0.4, -0.2) is 33.4 Å². The SMILES string of the molecule is CCOC(=O)c1cnn(C(C)C(C)C(=O)O)c1. The molecule has 17 heavy (non-hydrogen) atoms. The van der Waals surface area contributed by atoms with Crippen LogP contribution in [-0.2, 0) is 9.53 Å². The van der Waals surface area contributed by atoms with Crippen molar-refractivity contribution < 1.29 is 19.4 Å². The maximum atomic E-state index is 11.4. The summed E-state index contributed by atoms with van der Waals surface area (Å²) in [7, 11) is 0. The van der Waals surface area contributed by atoms with Crippen molar-refractivity contribution >= 4 is 11.9 Å². The van der Waals surface area contributed by atoms with Gasteiger partial charge >= 0.3 is 11.9 Å². The Kier molecular flexibility index (Phi) is 4.25. The van der Waals surface area contributed by atoms with Crippen molar-refractivity contribution in [3.05, 3.63) is 18.0 Å². The van der Waals surface area contributed by atoms with Crippen molar-refractivity contribution in [3.63, 3.8) is 0 Å². The lowest BCUT2D eigenvalue weighted by Crippen LogP contribution is -2.22. The fourth-order valence-corrected chi connectivity index (χ4v) is 1.32. The second kappa shape index (κ2) is 5.47. The van der Waals surface area contributed by atoms with Crippen molar-refractivity contribution in [2.24, 2.45) is 5.92 Å². The minimum absolute atomic E-state index is 0.297. The van der Waals surface area contributed by atoms with Crippen molar-refractivity contribution in [3.8, 4) is 0 Å². The summed E-state index contributed by atoms with van der Waals surface area (Å²) in [5.74, 6) is -1.93. The zero-order valence-electron chi connectivity index (χ0n) is 10.1. The number of aromatic nitrogens is 2. The van der Waals surface area contributed by atoms with Gasteiger partial charge in [0.2, 0.25) is 0 Å². The van der Waals surface area contributed by atoms with Crippen LogP contribution in [0.1, 0.15) is 37.2 Å². The number of esters is 1. The molecule has 0 saturated heterocycles. The van der Waals surface area contributed by atoms with Crippen molar-refractivity contribution in [2.45, 2.75) is 26.8 Å². The molecule has 94 valence electrons. The Morgan fingerprint density at radius 2 is 2.18 bits per heavy atom. The second-order valence-corrected chi connectivity index (χ2v) is 3.80. The van der Waals surface area contributed by atoms with Gasteiger partial charge in [-0.2, -0.15) is 5.10 Å². The lowest BCUT2D eigenvalue weighted by atomic mass is 10.0. The van der Waals surface area contributed by atoms with E-state index in [1.807, 2.05) is 0 Å². The minimum Gasteiger partial charge on any atom is -0.481 e. The highest BCUT2D eigenvalue weighted by molar-refractivity contribution is 5.88. The van der Waals surface area contributed by atoms with Crippen LogP contribution in [0.25, 0.3) is 0 Å². The Balaban J connectivity index is 2.80. The monoisotopic (exact) mass is 240 g/mol. The number of nitrogens with zero attached hydrogens (tertiary/aromatic N) is 2. The molecular formula is C11H16N2O4. The normalized spacial score (nSPS) is 14.1. The Labute approximate surface area is 99.2 Å². The molecule has 2 unspecified atom stereocenters. The molecular weight excluding hydrogens is 224 g/mol. The second-order valence-electron chi connectivity index (χ2n) is 3.80. The van der Waals surface area contributed by atoms with Gasteiger partial charge in [0.15, 0.2) is 0 Å². The zero-order chi connectivity index (χ0) is 13.0. The smallest absolute Gasteiger partial charge is 0.341 e. The summed E-state index contributed by atoms with van der Waals surface area (Å²) < 4.78 is 6.28. The van der Waals surface area contributed by atoms with E-state index in [-0.39, 0.29) is 6.04 Å². The number of carbonyl (C=O) groups excluding carboxylic acids is 1. The summed E-state index contributed by atoms with van der Waals surface area (Å²) >= 11 is 0. The van der Waals surface area contributed by atoms with Crippen molar-refractivity contribution in [1.82, 2.24) is 9.78 Å². The molecule has 0 aromatic carbocycles. The summed E-state index contributed by atoms with van der Waals surface area (Å²) in [5, 5.41) is 12.9. The van der Waals surface area contributed by atoms with Gasteiger partial charge in [-0.25, -0.2) is 4.79 Å². The van der Waals surface area contributed by atoms with E-state index in [1.165, 1.54) is 17.1 Å². The lowest BCUT2D eigenvalue weighted by Gasteiger charge is -2.15. The van der Waals surface area contributed by atoms with Crippen LogP contribution in [0.4, 0.5) is 0 Å². The number of carboxylic acid groups (broad SMARTS) is 1. The molecule has 6 heteroatoms. The molecule has 1 heterocycles. The fourth-order valence-electron chi connectivity index (χ4n) is 1.32. The number of ether oxygens (including phenoxy) is 1. The molecule has 6 nitrogen and oxygen atoms in total. The van der Waals surface area contributed by atoms with Crippen molar-refractivity contribution in [1.29, 1.82) is 0 Å². The van der Waals surface area contributed by atoms with Crippen molar-refractivity contribution in [2.75, 3.05) is 6.61 Å². The Bertz CT molecular complexity index is 413. The summed E-state index contributed by atoms with van der Waals surface area (Å²) in [6, 6.07) is -0.323. The van der Waals surface area contributed by atoms with E-state index in [9.17, 15) is 9.59 Å². The highest BCUT2D eigenvalue weighted by atomic mass is 16.5. The first-order chi connectivity index (χ1) is 7.97. The van der Waals surface area contributed by atoms with Gasteiger partial charge in [-0.05, 0) is 20.8 Å². The standard InChI is InChI=1S/C11H16N2O4/c1-4-17-11(16)9-5-12-13(6-9)8(3)7(2)10(14)15/h5-8H,4H2,1-3H3,(H,14,15). The average molecular weight is 240 g/mol. The first kappa shape index (κ1) is 13.2. The molecule has 1 aromatic rings. The van der Waals surface area contributed by atoms with Crippen LogP contribution in [0.15, 0.2) is 12.4 Å². The third-order valence-electron chi connectivity index (χ3n) is 2.64. The maximum Gasteiger partial charge on any atom is 0.341 e. The van der Waals surface area contributed by atoms with Crippen LogP contribution in [0.3, 0.4) is 0 Å². The quantitative estimate of drug-likeness (QED) is 0.785. The van der Waals surface area contributed by atoms with Gasteiger partial charge in [0.25, 0.3) is 0 Å². The molecule has 0 aliphatic carbocycles. The van der Waals surface area contributed by atoms with E-state index >= 15 is 0 Å². The van der Waals surface area contributed by atoms with Crippen LogP contribution in [0.5, 0.6) is 0 Å². The Morgan fingerprint density at radius 3 is 2.71 bits per heavy atom. The largest absolute Gasteiger partial charge is 0.481 e. The molecule has 0 spiro atoms. The number of carboxylic acids is 1. The number of hydrogen-bond donors (Lipinski definition) is 1. The van der Waals surface area contributed by atoms with Gasteiger partial charge in [-0.1, -0.05) is 0 Å². The predicted molar refractivity (Wildman–Crippen MR) is 59.7 cm³/mol. The van der Waals surface area contributed by atoms with Gasteiger partial charge in [-0.3, -0.25) is 9.48 Å². The van der Waals surface area contributed by atoms with Crippen LogP contribution >= 0.6 is 0 Å². The summed E-state index contributed by atoms with van der Waals surface area (Å²) in [6.07, 6.45) is 2.88. The van der Waals surface area contributed by atoms with Crippen LogP contribution < -0.4 is 0 Å². The Hall–Kier alpha value is -1.85. The molecule has 0 aliphatic heterocycles. The summed E-state index contributed by atoms with van der Waals surface area (Å²) in [4.78, 5) is 22.2. The van der Waals surface area contributed by atoms with E-state index in [2.05, 4.69) is 5.10 Å². The topological polar surface area (TPSA) is 81.4 Å². The van der Waals surface area contributed by atoms with E-state index in [0.717, 1.165) is 0 Å². The molecule has 0 amide bonds. The number of hydrogen-bond acceptors (Lipinski definition) is 4. The van der Waals surface area contributed by atoms with Crippen LogP contribution in [0.2, 0.25) is 0 Å². The maximum absolute atomic E-state index is 11.4. The Morgan fingerprint density at radius 1 is 1.53 bits per heavy atom. The molecule has 0 saturated carbocycles. The first-order valence-corrected chi connectivity index (χ1v) is 5.41. The fraction of sp³-hybridized carbons (Fsp3) is 0.545. The zero-order valence-corrected chi connectivity index (χ0v) is 10.1. The predicted octanol–water partition coefficient (Wildman–Crippen LogP) is 1.34. The molecule has 0 radical (unpaired) electrons. The highest BCUT2D eigenvalue weighted by Gasteiger charge is 2.22. The minimum atomic E-state index is -0.898. The first-order valence-electron chi connectivity index (χ1n) is 5.41. The summed E-state index contributed by atoms with van der Waals surface area (Å²) in [6.45, 7) is 5.35. The van der Waals surface area contributed by atoms with Crippen LogP contribution in [0, 0.1) is 5.92 Å². The van der Waals surface area contributed by atoms with Gasteiger partial charge in [0, 0.05) is 6.20 Å². The van der Waals surface area contributed by atoms with Gasteiger partial charge in [0.05, 0.1) is 30.3 Å². The third-order valence-corrected chi connectivity index (χ3v) is 2.64. The van der Waals surface area contributed by atoms with E-state index < -0.39 is 17.9 Å². The molecule has 1 N–H and O–H groups in total. The van der Waals surface area contributed by atoms with E-state index in [0.29, 0.717) is 12.2 Å². The number of rotatable bonds is 5. The van der Waals surface area contributed by atoms with Gasteiger partial charge in [-0.15, -0.1) is 0 Å². The molecule has 1 rings (SSSR count). The molecule has 0 fully saturated rings. The summed E-state index contributed by atoms with van der Waals surface area (Å²) in [5.41, 5.74) is 0.330. The highest BCUT2D eigenvalue weighted by Crippen LogP contribution is 2.17. The average Bonchev–Trinajstić information content (AvgIpc) is 2.76. The van der Waals surface area contributed by atoms with E-state index in [4.69, 9.17) is 9.84 Å². The number of aliphatic carboxylic acids is 1.